The first-order valence-corrected chi connectivity index (χ1v) is 37.0. The number of nitrogens with two attached hydrogens (primary N) is 2. The third-order valence-electron chi connectivity index (χ3n) is 15.4. The lowest BCUT2D eigenvalue weighted by atomic mass is 10.1. The molecule has 0 aliphatic heterocycles. The van der Waals surface area contributed by atoms with E-state index in [1.807, 2.05) is 0 Å². The van der Waals surface area contributed by atoms with E-state index in [1.165, 1.54) is 173 Å². The van der Waals surface area contributed by atoms with Crippen LogP contribution in [-0.4, -0.2) is 137 Å². The zero-order valence-electron chi connectivity index (χ0n) is 60.0. The number of nitrogens with one attached hydrogen (secondary N) is 10. The first kappa shape index (κ1) is 90.1. The molecular formula is C71H132N16O10. The number of carbonyl (C=O) groups excluding carboxylic acids is 7. The van der Waals surface area contributed by atoms with Gasteiger partial charge in [0.1, 0.15) is 12.1 Å². The lowest BCUT2D eigenvalue weighted by Gasteiger charge is -2.21. The van der Waals surface area contributed by atoms with Gasteiger partial charge < -0.3 is 48.7 Å². The molecule has 0 fully saturated rings. The first-order chi connectivity index (χ1) is 47.4. The van der Waals surface area contributed by atoms with Crippen LogP contribution in [0, 0.1) is 0 Å². The molecule has 556 valence electrons. The molecule has 0 aromatic heterocycles. The molecule has 0 saturated carbocycles. The van der Waals surface area contributed by atoms with E-state index in [-0.39, 0.29) is 84.8 Å². The highest BCUT2D eigenvalue weighted by molar-refractivity contribution is 5.92. The number of rotatable bonds is 70. The molecule has 0 saturated heterocycles. The van der Waals surface area contributed by atoms with E-state index in [9.17, 15) is 33.6 Å². The molecule has 0 unspecified atom stereocenters. The van der Waals surface area contributed by atoms with Crippen LogP contribution in [0.3, 0.4) is 0 Å². The van der Waals surface area contributed by atoms with Gasteiger partial charge >= 0.3 is 0 Å². The number of hydrazone groups is 3. The van der Waals surface area contributed by atoms with Crippen molar-refractivity contribution in [2.45, 2.75) is 290 Å². The molecule has 0 aliphatic rings. The van der Waals surface area contributed by atoms with Gasteiger partial charge in [0.15, 0.2) is 25.8 Å². The van der Waals surface area contributed by atoms with Crippen molar-refractivity contribution >= 4 is 66.0 Å². The number of amides is 7. The summed E-state index contributed by atoms with van der Waals surface area (Å²) in [5, 5.41) is 30.5. The highest BCUT2D eigenvalue weighted by Gasteiger charge is 2.27. The second kappa shape index (κ2) is 71.8. The van der Waals surface area contributed by atoms with Crippen molar-refractivity contribution < 1.29 is 48.1 Å². The second-order valence-corrected chi connectivity index (χ2v) is 24.3. The van der Waals surface area contributed by atoms with E-state index in [4.69, 9.17) is 26.0 Å². The van der Waals surface area contributed by atoms with Gasteiger partial charge in [-0.1, -0.05) is 192 Å². The summed E-state index contributed by atoms with van der Waals surface area (Å²) in [7, 11) is 0. The fraction of sp³-hybridized carbons (Fsp3) is 0.761. The van der Waals surface area contributed by atoms with Crippen LogP contribution in [0.25, 0.3) is 0 Å². The highest BCUT2D eigenvalue weighted by atomic mass is 16.7. The van der Waals surface area contributed by atoms with E-state index < -0.39 is 59.4 Å². The average Bonchev–Trinajstić information content (AvgIpc) is 1.39. The SMILES string of the molecule is CCCC/C=C\CCCCCCCCC/C=N/NOCC(=O)NCCNC(=O)CC[C@H](N=C(N)N)C(=O)N[C@@H](CCC(=O)NCCNC(=O)CON/N=C/CCCCCCCCC/C=C\CCCC)C(=O)NCCNC(=O)CON/N=C/CCCCCCCCC/C=C\CCCC. The van der Waals surface area contributed by atoms with Gasteiger partial charge in [-0.3, -0.25) is 33.6 Å². The third-order valence-corrected chi connectivity index (χ3v) is 15.4. The molecule has 0 aromatic rings. The Morgan fingerprint density at radius 2 is 0.619 bits per heavy atom. The number of allylic oxidation sites excluding steroid dienone is 6. The van der Waals surface area contributed by atoms with Crippen molar-refractivity contribution in [1.82, 2.24) is 54.0 Å². The van der Waals surface area contributed by atoms with Crippen molar-refractivity contribution in [2.75, 3.05) is 59.1 Å². The minimum absolute atomic E-state index is 0.000847. The van der Waals surface area contributed by atoms with E-state index in [0.29, 0.717) is 0 Å². The van der Waals surface area contributed by atoms with Crippen LogP contribution < -0.4 is 65.5 Å². The van der Waals surface area contributed by atoms with Gasteiger partial charge in [-0.2, -0.15) is 32.1 Å². The summed E-state index contributed by atoms with van der Waals surface area (Å²) >= 11 is 0. The van der Waals surface area contributed by atoms with Gasteiger partial charge in [-0.15, -0.1) is 0 Å². The predicted octanol–water partition coefficient (Wildman–Crippen LogP) is 9.66. The van der Waals surface area contributed by atoms with Gasteiger partial charge in [-0.25, -0.2) is 19.5 Å². The van der Waals surface area contributed by atoms with E-state index >= 15 is 0 Å². The van der Waals surface area contributed by atoms with Crippen LogP contribution in [-0.2, 0) is 48.1 Å². The second-order valence-electron chi connectivity index (χ2n) is 24.3. The molecule has 0 heterocycles. The molecule has 0 aromatic carbocycles. The number of nitrogens with zero attached hydrogens (tertiary/aromatic N) is 4. The van der Waals surface area contributed by atoms with Gasteiger partial charge in [-0.05, 0) is 109 Å². The zero-order valence-corrected chi connectivity index (χ0v) is 60.0. The topological polar surface area (TPSA) is 369 Å². The maximum absolute atomic E-state index is 13.7. The van der Waals surface area contributed by atoms with Gasteiger partial charge in [0.2, 0.25) is 41.4 Å². The van der Waals surface area contributed by atoms with Crippen LogP contribution in [0.4, 0.5) is 0 Å². The Balaban J connectivity index is 4.96. The van der Waals surface area contributed by atoms with E-state index in [2.05, 4.69) is 132 Å². The lowest BCUT2D eigenvalue weighted by Crippen LogP contribution is -2.51. The smallest absolute Gasteiger partial charge is 0.248 e. The minimum atomic E-state index is -1.31. The molecule has 97 heavy (non-hydrogen) atoms. The van der Waals surface area contributed by atoms with Crippen molar-refractivity contribution in [1.29, 1.82) is 0 Å². The normalized spacial score (nSPS) is 12.2. The summed E-state index contributed by atoms with van der Waals surface area (Å²) in [6.45, 7) is 5.92. The standard InChI is InChI=1S/C71H132N16O10/c1-4-7-10-13-16-19-22-25-28-31-34-37-40-43-50-80-85-95-59-66(90)76-55-53-74-64(88)48-46-62(69(93)79-58-57-78-68(92)61-97-87-82-52-45-42-39-36-33-30-27-24-21-18-15-12-9-6-3)83-70(94)63(84-71(72)73)47-49-65(89)75-54-56-77-67(91)60-96-86-81-51-44-41-38-35-32-29-26-23-20-17-14-11-8-5-2/h13-18,50-52,62-63,85-87H,4-12,19-49,53-61H2,1-3H3,(H,74,88)(H,75,89)(H,76,90)(H,77,91)(H,78,92)(H,79,93)(H,83,94)(H4,72,73,84)/b16-13-,17-14-,18-15-,80-50+,81-51+,82-52+/t62-,63-/m0/s1. The molecule has 0 bridgehead atoms. The van der Waals surface area contributed by atoms with Crippen LogP contribution in [0.5, 0.6) is 0 Å². The van der Waals surface area contributed by atoms with Crippen LogP contribution in [0.2, 0.25) is 0 Å². The molecule has 0 spiro atoms. The Morgan fingerprint density at radius 3 is 0.938 bits per heavy atom. The molecule has 7 amide bonds. The van der Waals surface area contributed by atoms with Crippen LogP contribution in [0.15, 0.2) is 56.8 Å². The average molecular weight is 1370 g/mol. The number of hydrogen-bond acceptors (Lipinski definition) is 17. The van der Waals surface area contributed by atoms with Gasteiger partial charge in [0, 0.05) is 70.8 Å². The van der Waals surface area contributed by atoms with E-state index in [0.717, 1.165) is 57.8 Å². The first-order valence-electron chi connectivity index (χ1n) is 37.0. The molecule has 26 heteroatoms. The third kappa shape index (κ3) is 67.4. The zero-order chi connectivity index (χ0) is 70.8. The molecule has 14 N–H and O–H groups in total. The summed E-state index contributed by atoms with van der Waals surface area (Å²) in [6.07, 6.45) is 60.2. The molecular weight excluding hydrogens is 1240 g/mol. The molecule has 2 atom stereocenters. The number of hydrogen-bond donors (Lipinski definition) is 12. The summed E-state index contributed by atoms with van der Waals surface area (Å²) in [5.41, 5.74) is 18.6. The lowest BCUT2D eigenvalue weighted by molar-refractivity contribution is -0.131. The van der Waals surface area contributed by atoms with Crippen molar-refractivity contribution in [3.05, 3.63) is 36.5 Å². The number of unbranched alkanes of at least 4 members (excludes halogenated alkanes) is 30. The number of aliphatic imine (C=N–C) groups is 1. The van der Waals surface area contributed by atoms with Crippen LogP contribution in [0.1, 0.15) is 278 Å². The monoisotopic (exact) mass is 1370 g/mol. The quantitative estimate of drug-likeness (QED) is 0.00886. The Kier molecular flexibility index (Phi) is 66.7. The van der Waals surface area contributed by atoms with Crippen molar-refractivity contribution in [2.24, 2.45) is 31.8 Å². The van der Waals surface area contributed by atoms with E-state index in [1.54, 1.807) is 18.6 Å². The summed E-state index contributed by atoms with van der Waals surface area (Å²) in [5.74, 6) is -4.22. The Hall–Kier alpha value is -6.93. The van der Waals surface area contributed by atoms with Crippen LogP contribution >= 0.6 is 0 Å². The number of guanidine groups is 1. The summed E-state index contributed by atoms with van der Waals surface area (Å²) < 4.78 is 0. The minimum Gasteiger partial charge on any atom is -0.370 e. The molecule has 0 aliphatic carbocycles. The summed E-state index contributed by atoms with van der Waals surface area (Å²) in [6, 6.07) is -2.60. The molecule has 0 rings (SSSR count). The maximum atomic E-state index is 13.7. The predicted molar refractivity (Wildman–Crippen MR) is 391 cm³/mol. The molecule has 26 nitrogen and oxygen atoms in total. The number of carbonyl (C=O) groups is 7. The van der Waals surface area contributed by atoms with Crippen molar-refractivity contribution in [3.63, 3.8) is 0 Å². The van der Waals surface area contributed by atoms with Crippen molar-refractivity contribution in [3.8, 4) is 0 Å². The van der Waals surface area contributed by atoms with Gasteiger partial charge in [0.05, 0.1) is 0 Å². The van der Waals surface area contributed by atoms with Gasteiger partial charge in [0.25, 0.3) is 0 Å². The highest BCUT2D eigenvalue weighted by Crippen LogP contribution is 2.14. The Labute approximate surface area is 582 Å². The Morgan fingerprint density at radius 1 is 0.340 bits per heavy atom. The summed E-state index contributed by atoms with van der Waals surface area (Å²) in [4.78, 5) is 110. The maximum Gasteiger partial charge on any atom is 0.248 e. The fourth-order valence-electron chi connectivity index (χ4n) is 9.69. The largest absolute Gasteiger partial charge is 0.370 e. The Bertz CT molecular complexity index is 2180. The fourth-order valence-corrected chi connectivity index (χ4v) is 9.69. The molecule has 0 radical (unpaired) electrons.